The van der Waals surface area contributed by atoms with Crippen LogP contribution in [-0.2, 0) is 4.74 Å². The molecule has 0 saturated heterocycles. The van der Waals surface area contributed by atoms with Crippen LogP contribution in [0.4, 0.5) is 4.39 Å². The number of halogens is 1. The van der Waals surface area contributed by atoms with E-state index in [-0.39, 0.29) is 17.8 Å². The van der Waals surface area contributed by atoms with Gasteiger partial charge in [-0.15, -0.1) is 0 Å². The number of hydrogen-bond donors (Lipinski definition) is 0. The highest BCUT2D eigenvalue weighted by atomic mass is 19.1. The van der Waals surface area contributed by atoms with Gasteiger partial charge in [0.15, 0.2) is 5.78 Å². The second kappa shape index (κ2) is 5.06. The maximum absolute atomic E-state index is 13.2. The number of ether oxygens (including phenoxy) is 2. The molecule has 1 saturated carbocycles. The minimum Gasteiger partial charge on any atom is -0.496 e. The molecule has 0 heterocycles. The minimum atomic E-state index is -0.431. The molecule has 0 N–H and O–H groups in total. The molecule has 0 spiro atoms. The third kappa shape index (κ3) is 2.38. The second-order valence-corrected chi connectivity index (χ2v) is 4.69. The lowest BCUT2D eigenvalue weighted by Gasteiger charge is -2.40. The van der Waals surface area contributed by atoms with Crippen LogP contribution in [0, 0.1) is 5.82 Å². The summed E-state index contributed by atoms with van der Waals surface area (Å²) in [6.07, 6.45) is 3.12. The fourth-order valence-corrected chi connectivity index (χ4v) is 2.31. The van der Waals surface area contributed by atoms with Crippen molar-refractivity contribution in [2.45, 2.75) is 31.3 Å². The van der Waals surface area contributed by atoms with E-state index in [0.717, 1.165) is 19.3 Å². The van der Waals surface area contributed by atoms with Crippen molar-refractivity contribution in [1.29, 1.82) is 0 Å². The van der Waals surface area contributed by atoms with Crippen LogP contribution in [0.2, 0.25) is 0 Å². The van der Waals surface area contributed by atoms with Gasteiger partial charge in [0, 0.05) is 13.5 Å². The van der Waals surface area contributed by atoms with Crippen LogP contribution >= 0.6 is 0 Å². The van der Waals surface area contributed by atoms with E-state index in [0.29, 0.717) is 11.3 Å². The van der Waals surface area contributed by atoms with E-state index in [1.807, 2.05) is 0 Å². The summed E-state index contributed by atoms with van der Waals surface area (Å²) in [7, 11) is 3.09. The van der Waals surface area contributed by atoms with Gasteiger partial charge < -0.3 is 9.47 Å². The average Bonchev–Trinajstić information content (AvgIpc) is 2.33. The van der Waals surface area contributed by atoms with Crippen LogP contribution in [0.15, 0.2) is 18.2 Å². The highest BCUT2D eigenvalue weighted by Crippen LogP contribution is 2.39. The standard InChI is InChI=1S/C14H17FO3/c1-17-13-5-4-10(15)8-11(13)12(16)9-14(18-2)6-3-7-14/h4-5,8H,3,6-7,9H2,1-2H3. The number of Topliss-reactive ketones (excluding diaryl/α,β-unsaturated/α-hetero) is 1. The molecule has 4 heteroatoms. The Labute approximate surface area is 106 Å². The number of benzene rings is 1. The fraction of sp³-hybridized carbons (Fsp3) is 0.500. The molecule has 18 heavy (non-hydrogen) atoms. The van der Waals surface area contributed by atoms with Gasteiger partial charge in [-0.1, -0.05) is 0 Å². The summed E-state index contributed by atoms with van der Waals surface area (Å²) >= 11 is 0. The van der Waals surface area contributed by atoms with E-state index < -0.39 is 5.82 Å². The molecule has 3 nitrogen and oxygen atoms in total. The first kappa shape index (κ1) is 13.0. The molecule has 1 aromatic rings. The monoisotopic (exact) mass is 252 g/mol. The molecule has 2 rings (SSSR count). The van der Waals surface area contributed by atoms with Gasteiger partial charge in [-0.3, -0.25) is 4.79 Å². The van der Waals surface area contributed by atoms with Crippen LogP contribution in [0.3, 0.4) is 0 Å². The minimum absolute atomic E-state index is 0.132. The van der Waals surface area contributed by atoms with Gasteiger partial charge >= 0.3 is 0 Å². The van der Waals surface area contributed by atoms with Crippen molar-refractivity contribution < 1.29 is 18.7 Å². The van der Waals surface area contributed by atoms with E-state index >= 15 is 0 Å². The number of hydrogen-bond acceptors (Lipinski definition) is 3. The Morgan fingerprint density at radius 3 is 2.61 bits per heavy atom. The quantitative estimate of drug-likeness (QED) is 0.756. The first-order chi connectivity index (χ1) is 8.60. The lowest BCUT2D eigenvalue weighted by molar-refractivity contribution is -0.0705. The zero-order valence-corrected chi connectivity index (χ0v) is 10.7. The Bertz CT molecular complexity index is 447. The lowest BCUT2D eigenvalue weighted by Crippen LogP contribution is -2.41. The van der Waals surface area contributed by atoms with E-state index in [9.17, 15) is 9.18 Å². The van der Waals surface area contributed by atoms with Crippen molar-refractivity contribution in [3.8, 4) is 5.75 Å². The van der Waals surface area contributed by atoms with Crippen molar-refractivity contribution in [2.24, 2.45) is 0 Å². The number of carbonyl (C=O) groups is 1. The highest BCUT2D eigenvalue weighted by molar-refractivity contribution is 5.99. The predicted molar refractivity (Wildman–Crippen MR) is 65.5 cm³/mol. The predicted octanol–water partition coefficient (Wildman–Crippen LogP) is 2.98. The van der Waals surface area contributed by atoms with Gasteiger partial charge in [-0.05, 0) is 37.5 Å². The Hall–Kier alpha value is -1.42. The molecule has 1 aromatic carbocycles. The van der Waals surface area contributed by atoms with Gasteiger partial charge in [0.25, 0.3) is 0 Å². The van der Waals surface area contributed by atoms with E-state index in [2.05, 4.69) is 0 Å². The normalized spacial score (nSPS) is 17.1. The Morgan fingerprint density at radius 1 is 1.39 bits per heavy atom. The number of carbonyl (C=O) groups excluding carboxylic acids is 1. The summed E-state index contributed by atoms with van der Waals surface area (Å²) in [6.45, 7) is 0. The maximum atomic E-state index is 13.2. The largest absolute Gasteiger partial charge is 0.496 e. The molecular weight excluding hydrogens is 235 g/mol. The lowest BCUT2D eigenvalue weighted by atomic mass is 9.75. The zero-order valence-electron chi connectivity index (χ0n) is 10.7. The summed E-state index contributed by atoms with van der Waals surface area (Å²) in [5, 5.41) is 0. The van der Waals surface area contributed by atoms with E-state index in [1.54, 1.807) is 7.11 Å². The van der Waals surface area contributed by atoms with Crippen LogP contribution in [0.5, 0.6) is 5.75 Å². The molecule has 0 bridgehead atoms. The SMILES string of the molecule is COc1ccc(F)cc1C(=O)CC1(OC)CCC1. The fourth-order valence-electron chi connectivity index (χ4n) is 2.31. The Morgan fingerprint density at radius 2 is 2.11 bits per heavy atom. The maximum Gasteiger partial charge on any atom is 0.169 e. The molecule has 0 amide bonds. The van der Waals surface area contributed by atoms with E-state index in [4.69, 9.17) is 9.47 Å². The first-order valence-corrected chi connectivity index (χ1v) is 6.02. The molecule has 0 aromatic heterocycles. The molecule has 0 aliphatic heterocycles. The third-order valence-corrected chi connectivity index (χ3v) is 3.64. The summed E-state index contributed by atoms with van der Waals surface area (Å²) < 4.78 is 23.7. The molecule has 1 aliphatic carbocycles. The summed E-state index contributed by atoms with van der Waals surface area (Å²) in [6, 6.07) is 3.98. The number of ketones is 1. The number of methoxy groups -OCH3 is 2. The molecule has 0 radical (unpaired) electrons. The first-order valence-electron chi connectivity index (χ1n) is 6.02. The van der Waals surface area contributed by atoms with Crippen molar-refractivity contribution in [1.82, 2.24) is 0 Å². The zero-order chi connectivity index (χ0) is 13.2. The van der Waals surface area contributed by atoms with Crippen molar-refractivity contribution in [3.63, 3.8) is 0 Å². The summed E-state index contributed by atoms with van der Waals surface area (Å²) in [4.78, 5) is 12.2. The molecule has 1 fully saturated rings. The Balaban J connectivity index is 2.20. The summed E-state index contributed by atoms with van der Waals surface area (Å²) in [5.41, 5.74) is -0.0603. The van der Waals surface area contributed by atoms with Crippen molar-refractivity contribution in [2.75, 3.05) is 14.2 Å². The van der Waals surface area contributed by atoms with Crippen LogP contribution in [0.25, 0.3) is 0 Å². The van der Waals surface area contributed by atoms with Crippen LogP contribution < -0.4 is 4.74 Å². The molecule has 98 valence electrons. The van der Waals surface area contributed by atoms with Crippen LogP contribution in [0.1, 0.15) is 36.0 Å². The van der Waals surface area contributed by atoms with Gasteiger partial charge in [0.2, 0.25) is 0 Å². The van der Waals surface area contributed by atoms with Gasteiger partial charge in [0.1, 0.15) is 11.6 Å². The van der Waals surface area contributed by atoms with Gasteiger partial charge in [-0.25, -0.2) is 4.39 Å². The van der Waals surface area contributed by atoms with Crippen molar-refractivity contribution in [3.05, 3.63) is 29.6 Å². The molecule has 0 unspecified atom stereocenters. The van der Waals surface area contributed by atoms with Crippen LogP contribution in [-0.4, -0.2) is 25.6 Å². The summed E-state index contributed by atoms with van der Waals surface area (Å²) in [5.74, 6) is -0.154. The Kier molecular flexibility index (Phi) is 3.66. The second-order valence-electron chi connectivity index (χ2n) is 4.69. The van der Waals surface area contributed by atoms with E-state index in [1.165, 1.54) is 25.3 Å². The molecule has 1 aliphatic rings. The highest BCUT2D eigenvalue weighted by Gasteiger charge is 2.39. The third-order valence-electron chi connectivity index (χ3n) is 3.64. The van der Waals surface area contributed by atoms with Gasteiger partial charge in [0.05, 0.1) is 18.3 Å². The molecular formula is C14H17FO3. The molecule has 0 atom stereocenters. The number of rotatable bonds is 5. The average molecular weight is 252 g/mol. The van der Waals surface area contributed by atoms with Gasteiger partial charge in [-0.2, -0.15) is 0 Å². The van der Waals surface area contributed by atoms with Crippen molar-refractivity contribution >= 4 is 5.78 Å². The smallest absolute Gasteiger partial charge is 0.169 e. The topological polar surface area (TPSA) is 35.5 Å².